The van der Waals surface area contributed by atoms with Crippen LogP contribution in [0.2, 0.25) is 10.2 Å². The number of halogens is 5. The molecule has 116 valence electrons. The highest BCUT2D eigenvalue weighted by Gasteiger charge is 2.37. The van der Waals surface area contributed by atoms with Crippen molar-refractivity contribution >= 4 is 35.1 Å². The van der Waals surface area contributed by atoms with Gasteiger partial charge in [-0.1, -0.05) is 23.2 Å². The second-order valence-electron chi connectivity index (χ2n) is 4.38. The molecule has 3 nitrogen and oxygen atoms in total. The molecular weight excluding hydrogens is 340 g/mol. The lowest BCUT2D eigenvalue weighted by Crippen LogP contribution is -2.08. The molecule has 0 aliphatic rings. The monoisotopic (exact) mass is 348 g/mol. The molecule has 0 amide bonds. The zero-order valence-corrected chi connectivity index (χ0v) is 12.7. The van der Waals surface area contributed by atoms with Crippen molar-refractivity contribution in [3.8, 4) is 0 Å². The number of hydrogen-bond acceptors (Lipinski definition) is 2. The van der Waals surface area contributed by atoms with Gasteiger partial charge < -0.3 is 0 Å². The normalized spacial score (nSPS) is 12.1. The Bertz CT molecular complexity index is 734. The fourth-order valence-electron chi connectivity index (χ4n) is 1.75. The Morgan fingerprint density at radius 3 is 2.36 bits per heavy atom. The molecule has 0 aliphatic heterocycles. The van der Waals surface area contributed by atoms with E-state index in [4.69, 9.17) is 23.2 Å². The van der Waals surface area contributed by atoms with Gasteiger partial charge in [0.2, 0.25) is 0 Å². The van der Waals surface area contributed by atoms with Crippen LogP contribution in [0.5, 0.6) is 0 Å². The minimum atomic E-state index is -4.66. The molecular formula is C14H9Cl2F3N2O. The van der Waals surface area contributed by atoms with Crippen molar-refractivity contribution in [3.05, 3.63) is 57.3 Å². The Balaban J connectivity index is 2.34. The van der Waals surface area contributed by atoms with Gasteiger partial charge in [0.05, 0.1) is 0 Å². The van der Waals surface area contributed by atoms with Crippen molar-refractivity contribution < 1.29 is 18.0 Å². The van der Waals surface area contributed by atoms with Gasteiger partial charge in [0.25, 0.3) is 0 Å². The molecule has 0 radical (unpaired) electrons. The molecule has 22 heavy (non-hydrogen) atoms. The van der Waals surface area contributed by atoms with Crippen LogP contribution in [0.1, 0.15) is 21.6 Å². The number of carbonyl (C=O) groups excluding carboxylic acids is 1. The molecule has 1 aromatic carbocycles. The maximum Gasteiger partial charge on any atom is 0.435 e. The van der Waals surface area contributed by atoms with Gasteiger partial charge in [0.1, 0.15) is 5.15 Å². The lowest BCUT2D eigenvalue weighted by molar-refractivity contribution is -0.141. The van der Waals surface area contributed by atoms with Crippen molar-refractivity contribution in [1.29, 1.82) is 0 Å². The summed E-state index contributed by atoms with van der Waals surface area (Å²) in [5.74, 6) is -0.468. The standard InChI is InChI=1S/C14H9Cl2F3N2O/c1-21-13(16)10(12(20-21)14(17,18)19)6-7-11(22)8-2-4-9(15)5-3-8/h2-7H,1H3/b7-6+. The fourth-order valence-corrected chi connectivity index (χ4v) is 2.06. The third-order valence-electron chi connectivity index (χ3n) is 2.81. The molecule has 0 aliphatic carbocycles. The number of allylic oxidation sites excluding steroid dienone is 1. The molecule has 0 saturated carbocycles. The van der Waals surface area contributed by atoms with E-state index in [0.717, 1.165) is 16.8 Å². The van der Waals surface area contributed by atoms with Gasteiger partial charge in [-0.15, -0.1) is 0 Å². The zero-order chi connectivity index (χ0) is 16.5. The number of aromatic nitrogens is 2. The highest BCUT2D eigenvalue weighted by molar-refractivity contribution is 6.31. The van der Waals surface area contributed by atoms with E-state index in [9.17, 15) is 18.0 Å². The number of benzene rings is 1. The van der Waals surface area contributed by atoms with Crippen molar-refractivity contribution in [3.63, 3.8) is 0 Å². The summed E-state index contributed by atoms with van der Waals surface area (Å²) in [5, 5.41) is 3.58. The highest BCUT2D eigenvalue weighted by Crippen LogP contribution is 2.34. The number of aryl methyl sites for hydroxylation is 1. The summed E-state index contributed by atoms with van der Waals surface area (Å²) < 4.78 is 39.5. The summed E-state index contributed by atoms with van der Waals surface area (Å²) in [6, 6.07) is 5.98. The van der Waals surface area contributed by atoms with Crippen LogP contribution in [0.25, 0.3) is 6.08 Å². The minimum absolute atomic E-state index is 0.201. The first-order valence-electron chi connectivity index (χ1n) is 5.98. The number of ketones is 1. The second kappa shape index (κ2) is 6.14. The summed E-state index contributed by atoms with van der Waals surface area (Å²) in [7, 11) is 1.29. The van der Waals surface area contributed by atoms with Gasteiger partial charge in [0.15, 0.2) is 11.5 Å². The maximum absolute atomic E-state index is 12.9. The molecule has 0 fully saturated rings. The van der Waals surface area contributed by atoms with Crippen LogP contribution in [0.15, 0.2) is 30.3 Å². The third kappa shape index (κ3) is 3.51. The van der Waals surface area contributed by atoms with Crippen LogP contribution in [-0.4, -0.2) is 15.6 Å². The quantitative estimate of drug-likeness (QED) is 0.598. The largest absolute Gasteiger partial charge is 0.435 e. The molecule has 0 bridgehead atoms. The Morgan fingerprint density at radius 2 is 1.82 bits per heavy atom. The molecule has 8 heteroatoms. The Labute approximate surface area is 133 Å². The van der Waals surface area contributed by atoms with Gasteiger partial charge >= 0.3 is 6.18 Å². The van der Waals surface area contributed by atoms with Crippen LogP contribution >= 0.6 is 23.2 Å². The summed E-state index contributed by atoms with van der Waals surface area (Å²) in [4.78, 5) is 11.9. The van der Waals surface area contributed by atoms with Crippen LogP contribution in [0, 0.1) is 0 Å². The molecule has 1 heterocycles. The summed E-state index contributed by atoms with van der Waals surface area (Å²) >= 11 is 11.5. The molecule has 0 unspecified atom stereocenters. The van der Waals surface area contributed by atoms with Crippen molar-refractivity contribution in [2.75, 3.05) is 0 Å². The molecule has 2 rings (SSSR count). The van der Waals surface area contributed by atoms with Gasteiger partial charge in [0, 0.05) is 23.2 Å². The van der Waals surface area contributed by atoms with Crippen molar-refractivity contribution in [2.24, 2.45) is 7.05 Å². The minimum Gasteiger partial charge on any atom is -0.289 e. The van der Waals surface area contributed by atoms with E-state index >= 15 is 0 Å². The van der Waals surface area contributed by atoms with E-state index in [1.54, 1.807) is 0 Å². The molecule has 0 saturated heterocycles. The lowest BCUT2D eigenvalue weighted by atomic mass is 10.1. The number of alkyl halides is 3. The second-order valence-corrected chi connectivity index (χ2v) is 5.17. The lowest BCUT2D eigenvalue weighted by Gasteiger charge is -2.03. The highest BCUT2D eigenvalue weighted by atomic mass is 35.5. The van der Waals surface area contributed by atoms with Gasteiger partial charge in [-0.05, 0) is 36.4 Å². The van der Waals surface area contributed by atoms with E-state index < -0.39 is 17.7 Å². The van der Waals surface area contributed by atoms with Crippen molar-refractivity contribution in [2.45, 2.75) is 6.18 Å². The topological polar surface area (TPSA) is 34.9 Å². The molecule has 1 aromatic heterocycles. The van der Waals surface area contributed by atoms with Gasteiger partial charge in [-0.2, -0.15) is 18.3 Å². The smallest absolute Gasteiger partial charge is 0.289 e. The van der Waals surface area contributed by atoms with E-state index in [2.05, 4.69) is 5.10 Å². The number of rotatable bonds is 3. The maximum atomic E-state index is 12.9. The zero-order valence-electron chi connectivity index (χ0n) is 11.2. The molecule has 0 spiro atoms. The summed E-state index contributed by atoms with van der Waals surface area (Å²) in [6.07, 6.45) is -2.63. The van der Waals surface area contributed by atoms with Crippen LogP contribution < -0.4 is 0 Å². The number of hydrogen-bond donors (Lipinski definition) is 0. The van der Waals surface area contributed by atoms with Crippen molar-refractivity contribution in [1.82, 2.24) is 9.78 Å². The van der Waals surface area contributed by atoms with E-state index in [1.807, 2.05) is 0 Å². The Hall–Kier alpha value is -1.79. The summed E-state index contributed by atoms with van der Waals surface area (Å²) in [5.41, 5.74) is -1.19. The first-order chi connectivity index (χ1) is 10.2. The Morgan fingerprint density at radius 1 is 1.23 bits per heavy atom. The van der Waals surface area contributed by atoms with Crippen LogP contribution in [-0.2, 0) is 13.2 Å². The average Bonchev–Trinajstić information content (AvgIpc) is 2.73. The first-order valence-corrected chi connectivity index (χ1v) is 6.73. The first kappa shape index (κ1) is 16.6. The number of nitrogens with zero attached hydrogens (tertiary/aromatic N) is 2. The molecule has 0 N–H and O–H groups in total. The predicted molar refractivity (Wildman–Crippen MR) is 78.0 cm³/mol. The Kier molecular flexibility index (Phi) is 4.63. The fraction of sp³-hybridized carbons (Fsp3) is 0.143. The van der Waals surface area contributed by atoms with E-state index in [-0.39, 0.29) is 10.7 Å². The van der Waals surface area contributed by atoms with Crippen LogP contribution in [0.4, 0.5) is 13.2 Å². The van der Waals surface area contributed by atoms with E-state index in [0.29, 0.717) is 10.6 Å². The SMILES string of the molecule is Cn1nc(C(F)(F)F)c(/C=C/C(=O)c2ccc(Cl)cc2)c1Cl. The van der Waals surface area contributed by atoms with Gasteiger partial charge in [-0.25, -0.2) is 0 Å². The third-order valence-corrected chi connectivity index (χ3v) is 3.51. The van der Waals surface area contributed by atoms with Gasteiger partial charge in [-0.3, -0.25) is 9.48 Å². The predicted octanol–water partition coefficient (Wildman–Crippen LogP) is 4.64. The summed E-state index contributed by atoms with van der Waals surface area (Å²) in [6.45, 7) is 0. The average molecular weight is 349 g/mol. The molecule has 2 aromatic rings. The molecule has 0 atom stereocenters. The van der Waals surface area contributed by atoms with E-state index in [1.165, 1.54) is 31.3 Å². The van der Waals surface area contributed by atoms with Crippen LogP contribution in [0.3, 0.4) is 0 Å². The number of carbonyl (C=O) groups is 1.